The van der Waals surface area contributed by atoms with Crippen molar-refractivity contribution in [2.45, 2.75) is 44.7 Å². The van der Waals surface area contributed by atoms with E-state index in [2.05, 4.69) is 11.4 Å². The summed E-state index contributed by atoms with van der Waals surface area (Å²) in [6.07, 6.45) is 8.56. The summed E-state index contributed by atoms with van der Waals surface area (Å²) in [5, 5.41) is 3.03. The molecule has 2 atom stereocenters. The zero-order valence-corrected chi connectivity index (χ0v) is 10.1. The second-order valence-electron chi connectivity index (χ2n) is 3.76. The van der Waals surface area contributed by atoms with Crippen LogP contribution >= 0.6 is 11.8 Å². The maximum Gasteiger partial charge on any atom is 0.279 e. The van der Waals surface area contributed by atoms with Crippen LogP contribution in [-0.4, -0.2) is 23.1 Å². The zero-order valence-electron chi connectivity index (χ0n) is 9.24. The molecule has 86 valence electrons. The van der Waals surface area contributed by atoms with Gasteiger partial charge < -0.3 is 11.1 Å². The maximum atomic E-state index is 11.4. The Bertz CT molecular complexity index is 231. The lowest BCUT2D eigenvalue weighted by molar-refractivity contribution is 0.255. The average molecular weight is 228 g/mol. The van der Waals surface area contributed by atoms with Gasteiger partial charge >= 0.3 is 0 Å². The predicted molar refractivity (Wildman–Crippen MR) is 66.0 cm³/mol. The number of nitrogens with one attached hydrogen (secondary N) is 1. The molecular weight excluding hydrogens is 208 g/mol. The Morgan fingerprint density at radius 2 is 2.40 bits per heavy atom. The lowest BCUT2D eigenvalue weighted by Gasteiger charge is -2.24. The van der Waals surface area contributed by atoms with Gasteiger partial charge in [0.15, 0.2) is 0 Å². The van der Waals surface area contributed by atoms with E-state index in [4.69, 9.17) is 5.73 Å². The molecule has 1 rings (SSSR count). The van der Waals surface area contributed by atoms with E-state index in [-0.39, 0.29) is 17.3 Å². The van der Waals surface area contributed by atoms with Crippen LogP contribution in [0.3, 0.4) is 0 Å². The lowest BCUT2D eigenvalue weighted by atomic mass is 9.98. The van der Waals surface area contributed by atoms with Gasteiger partial charge in [-0.3, -0.25) is 4.79 Å². The molecule has 0 aliphatic heterocycles. The molecule has 4 heteroatoms. The van der Waals surface area contributed by atoms with Crippen molar-refractivity contribution in [3.8, 4) is 0 Å². The molecule has 1 amide bonds. The first-order chi connectivity index (χ1) is 7.24. The van der Waals surface area contributed by atoms with Crippen molar-refractivity contribution >= 4 is 17.0 Å². The van der Waals surface area contributed by atoms with Crippen molar-refractivity contribution in [2.75, 3.05) is 5.75 Å². The SMILES string of the molecule is CCSC(=O)N[C@@H]1CCCC/C=C/[C@@H]1N. The fourth-order valence-electron chi connectivity index (χ4n) is 1.70. The van der Waals surface area contributed by atoms with E-state index in [0.717, 1.165) is 25.0 Å². The smallest absolute Gasteiger partial charge is 0.279 e. The predicted octanol–water partition coefficient (Wildman–Crippen LogP) is 2.28. The van der Waals surface area contributed by atoms with Crippen LogP contribution in [0.25, 0.3) is 0 Å². The van der Waals surface area contributed by atoms with E-state index in [0.29, 0.717) is 0 Å². The number of hydrogen-bond acceptors (Lipinski definition) is 3. The summed E-state index contributed by atoms with van der Waals surface area (Å²) in [5.74, 6) is 0.809. The van der Waals surface area contributed by atoms with Gasteiger partial charge in [-0.2, -0.15) is 0 Å². The molecular formula is C11H20N2OS. The molecule has 15 heavy (non-hydrogen) atoms. The van der Waals surface area contributed by atoms with Crippen LogP contribution in [0.15, 0.2) is 12.2 Å². The molecule has 1 aliphatic carbocycles. The summed E-state index contributed by atoms with van der Waals surface area (Å²) in [6, 6.07) is 0.0693. The van der Waals surface area contributed by atoms with E-state index >= 15 is 0 Å². The Morgan fingerprint density at radius 3 is 3.13 bits per heavy atom. The minimum Gasteiger partial charge on any atom is -0.342 e. The van der Waals surface area contributed by atoms with Crippen LogP contribution < -0.4 is 11.1 Å². The van der Waals surface area contributed by atoms with Gasteiger partial charge in [0, 0.05) is 12.1 Å². The minimum atomic E-state index is -0.0355. The number of hydrogen-bond donors (Lipinski definition) is 2. The molecule has 0 spiro atoms. The number of carbonyl (C=O) groups is 1. The summed E-state index contributed by atoms with van der Waals surface area (Å²) in [5.41, 5.74) is 5.98. The third kappa shape index (κ3) is 4.71. The molecule has 0 unspecified atom stereocenters. The summed E-state index contributed by atoms with van der Waals surface area (Å²) in [4.78, 5) is 11.4. The van der Waals surface area contributed by atoms with Gasteiger partial charge in [-0.1, -0.05) is 37.3 Å². The second-order valence-corrected chi connectivity index (χ2v) is 5.00. The summed E-state index contributed by atoms with van der Waals surface area (Å²) in [7, 11) is 0. The number of rotatable bonds is 2. The van der Waals surface area contributed by atoms with Gasteiger partial charge in [0.2, 0.25) is 0 Å². The molecule has 0 heterocycles. The van der Waals surface area contributed by atoms with E-state index in [1.165, 1.54) is 18.2 Å². The van der Waals surface area contributed by atoms with Gasteiger partial charge in [0.05, 0.1) is 0 Å². The molecule has 3 N–H and O–H groups in total. The third-order valence-corrected chi connectivity index (χ3v) is 3.21. The van der Waals surface area contributed by atoms with Crippen molar-refractivity contribution in [1.29, 1.82) is 0 Å². The van der Waals surface area contributed by atoms with Crippen molar-refractivity contribution in [3.63, 3.8) is 0 Å². The van der Waals surface area contributed by atoms with Crippen LogP contribution in [0.1, 0.15) is 32.6 Å². The molecule has 0 saturated carbocycles. The largest absolute Gasteiger partial charge is 0.342 e. The molecule has 0 aromatic carbocycles. The molecule has 0 bridgehead atoms. The van der Waals surface area contributed by atoms with E-state index < -0.39 is 0 Å². The molecule has 1 aliphatic rings. The molecule has 0 saturated heterocycles. The first-order valence-corrected chi connectivity index (χ1v) is 6.58. The Morgan fingerprint density at radius 1 is 1.60 bits per heavy atom. The maximum absolute atomic E-state index is 11.4. The first-order valence-electron chi connectivity index (χ1n) is 5.59. The highest BCUT2D eigenvalue weighted by Gasteiger charge is 2.18. The van der Waals surface area contributed by atoms with Crippen molar-refractivity contribution in [1.82, 2.24) is 5.32 Å². The molecule has 0 radical (unpaired) electrons. The standard InChI is InChI=1S/C11H20N2OS/c1-2-15-11(14)13-10-8-6-4-3-5-7-9(10)12/h5,7,9-10H,2-4,6,8,12H2,1H3,(H,13,14)/b7-5+/t9-,10+/m0/s1. The van der Waals surface area contributed by atoms with Crippen LogP contribution in [-0.2, 0) is 0 Å². The second kappa shape index (κ2) is 6.90. The van der Waals surface area contributed by atoms with Crippen molar-refractivity contribution in [3.05, 3.63) is 12.2 Å². The number of amides is 1. The normalized spacial score (nSPS) is 28.9. The fraction of sp³-hybridized carbons (Fsp3) is 0.727. The van der Waals surface area contributed by atoms with Gasteiger partial charge in [0.1, 0.15) is 0 Å². The van der Waals surface area contributed by atoms with Gasteiger partial charge in [-0.15, -0.1) is 0 Å². The van der Waals surface area contributed by atoms with Crippen LogP contribution in [0.4, 0.5) is 4.79 Å². The molecule has 0 aromatic heterocycles. The number of thioether (sulfide) groups is 1. The van der Waals surface area contributed by atoms with E-state index in [9.17, 15) is 4.79 Å². The third-order valence-electron chi connectivity index (χ3n) is 2.54. The summed E-state index contributed by atoms with van der Waals surface area (Å²) < 4.78 is 0. The monoisotopic (exact) mass is 228 g/mol. The Kier molecular flexibility index (Phi) is 5.79. The summed E-state index contributed by atoms with van der Waals surface area (Å²) in [6.45, 7) is 1.97. The first kappa shape index (κ1) is 12.6. The topological polar surface area (TPSA) is 55.1 Å². The Labute approximate surface area is 95.9 Å². The minimum absolute atomic E-state index is 0.0355. The number of allylic oxidation sites excluding steroid dienone is 1. The van der Waals surface area contributed by atoms with E-state index in [1.807, 2.05) is 13.0 Å². The van der Waals surface area contributed by atoms with Crippen molar-refractivity contribution in [2.24, 2.45) is 5.73 Å². The van der Waals surface area contributed by atoms with Gasteiger partial charge in [-0.25, -0.2) is 0 Å². The van der Waals surface area contributed by atoms with Crippen molar-refractivity contribution < 1.29 is 4.79 Å². The van der Waals surface area contributed by atoms with Crippen LogP contribution in [0.2, 0.25) is 0 Å². The van der Waals surface area contributed by atoms with Gasteiger partial charge in [0.25, 0.3) is 5.24 Å². The zero-order chi connectivity index (χ0) is 11.1. The molecule has 0 aromatic rings. The molecule has 0 fully saturated rings. The lowest BCUT2D eigenvalue weighted by Crippen LogP contribution is -2.45. The quantitative estimate of drug-likeness (QED) is 0.713. The van der Waals surface area contributed by atoms with E-state index in [1.54, 1.807) is 0 Å². The molecule has 3 nitrogen and oxygen atoms in total. The Balaban J connectivity index is 2.45. The number of nitrogens with two attached hydrogens (primary N) is 1. The Hall–Kier alpha value is -0.480. The highest BCUT2D eigenvalue weighted by molar-refractivity contribution is 8.13. The fourth-order valence-corrected chi connectivity index (χ4v) is 2.20. The average Bonchev–Trinajstić information content (AvgIpc) is 2.18. The highest BCUT2D eigenvalue weighted by atomic mass is 32.2. The number of carbonyl (C=O) groups excluding carboxylic acids is 1. The highest BCUT2D eigenvalue weighted by Crippen LogP contribution is 2.13. The summed E-state index contributed by atoms with van der Waals surface area (Å²) >= 11 is 1.31. The van der Waals surface area contributed by atoms with Crippen LogP contribution in [0.5, 0.6) is 0 Å². The van der Waals surface area contributed by atoms with Crippen LogP contribution in [0, 0.1) is 0 Å². The van der Waals surface area contributed by atoms with Gasteiger partial charge in [-0.05, 0) is 25.0 Å².